The van der Waals surface area contributed by atoms with E-state index in [0.29, 0.717) is 0 Å². The molecule has 0 aliphatic heterocycles. The molecule has 0 unspecified atom stereocenters. The molecular weight excluding hydrogens is 179 g/mol. The van der Waals surface area contributed by atoms with Crippen LogP contribution in [0.1, 0.15) is 20.8 Å². The van der Waals surface area contributed by atoms with E-state index in [0.717, 1.165) is 6.92 Å². The van der Waals surface area contributed by atoms with Gasteiger partial charge in [-0.05, 0) is 6.92 Å². The molecule has 0 aliphatic carbocycles. The third-order valence-corrected chi connectivity index (χ3v) is 0.236. The number of hydrogen-bond donors (Lipinski definition) is 0. The summed E-state index contributed by atoms with van der Waals surface area (Å²) in [6.07, 6.45) is 1.78. The first kappa shape index (κ1) is 16.3. The second kappa shape index (κ2) is 11.4. The van der Waals surface area contributed by atoms with Gasteiger partial charge in [0.2, 0.25) is 0 Å². The van der Waals surface area contributed by atoms with Gasteiger partial charge in [0.15, 0.2) is 0 Å². The van der Waals surface area contributed by atoms with Crippen LogP contribution in [0.25, 0.3) is 0 Å². The van der Waals surface area contributed by atoms with Crippen molar-refractivity contribution < 1.29 is 31.5 Å². The molecule has 0 saturated heterocycles. The molecular formula is C6H10CoO3. The van der Waals surface area contributed by atoms with Crippen molar-refractivity contribution in [2.75, 3.05) is 0 Å². The minimum absolute atomic E-state index is 0. The largest absolute Gasteiger partial charge is 2.00 e. The fraction of sp³-hybridized carbons (Fsp3) is 0.667. The smallest absolute Gasteiger partial charge is 0.550 e. The van der Waals surface area contributed by atoms with Crippen LogP contribution < -0.4 is 5.11 Å². The van der Waals surface area contributed by atoms with Crippen LogP contribution in [0.4, 0.5) is 0 Å². The van der Waals surface area contributed by atoms with Crippen LogP contribution in [0.5, 0.6) is 0 Å². The Balaban J connectivity index is -0.0000000910. The van der Waals surface area contributed by atoms with Crippen molar-refractivity contribution in [3.8, 4) is 0 Å². The standard InChI is InChI=1S/C4H7O.C2H4O2.Co/c1-4(2)3-5;1-2(3)4;/h4H,1-2H3;1H3,(H,3,4);/q-1;;+2/p-1. The fourth-order valence-corrected chi connectivity index (χ4v) is 0. The van der Waals surface area contributed by atoms with Crippen LogP contribution in [0.15, 0.2) is 0 Å². The molecule has 0 N–H and O–H groups in total. The van der Waals surface area contributed by atoms with E-state index in [-0.39, 0.29) is 22.7 Å². The number of carboxylic acid groups (broad SMARTS) is 1. The number of carboxylic acids is 1. The number of hydrogen-bond acceptors (Lipinski definition) is 3. The molecule has 0 amide bonds. The first-order valence-electron chi connectivity index (χ1n) is 2.56. The number of carbonyl (C=O) groups is 1. The van der Waals surface area contributed by atoms with Crippen LogP contribution in [0, 0.1) is 5.92 Å². The predicted molar refractivity (Wildman–Crippen MR) is 31.2 cm³/mol. The second-order valence-electron chi connectivity index (χ2n) is 1.76. The average molecular weight is 189 g/mol. The van der Waals surface area contributed by atoms with E-state index < -0.39 is 5.97 Å². The number of carbonyl (C=O) groups excluding carboxylic acids is 2. The maximum absolute atomic E-state index is 9.38. The Morgan fingerprint density at radius 1 is 1.50 bits per heavy atom. The Morgan fingerprint density at radius 3 is 1.60 bits per heavy atom. The van der Waals surface area contributed by atoms with Crippen molar-refractivity contribution in [1.29, 1.82) is 0 Å². The SMILES string of the molecule is CC(=O)[O-].CC(C)[C-]=O.[Co+2]. The average Bonchev–Trinajstić information content (AvgIpc) is 1.65. The normalized spacial score (nSPS) is 6.80. The Morgan fingerprint density at radius 2 is 1.60 bits per heavy atom. The molecule has 0 aromatic rings. The van der Waals surface area contributed by atoms with Crippen molar-refractivity contribution in [3.05, 3.63) is 0 Å². The van der Waals surface area contributed by atoms with E-state index >= 15 is 0 Å². The van der Waals surface area contributed by atoms with Crippen LogP contribution in [-0.2, 0) is 26.4 Å². The van der Waals surface area contributed by atoms with Gasteiger partial charge in [0.1, 0.15) is 0 Å². The zero-order valence-electron chi connectivity index (χ0n) is 6.14. The summed E-state index contributed by atoms with van der Waals surface area (Å²) in [4.78, 5) is 18.3. The summed E-state index contributed by atoms with van der Waals surface area (Å²) < 4.78 is 0. The minimum Gasteiger partial charge on any atom is -0.550 e. The topological polar surface area (TPSA) is 57.2 Å². The van der Waals surface area contributed by atoms with Gasteiger partial charge in [-0.15, -0.1) is 5.92 Å². The molecule has 1 radical (unpaired) electrons. The monoisotopic (exact) mass is 189 g/mol. The van der Waals surface area contributed by atoms with E-state index in [1.165, 1.54) is 0 Å². The molecule has 0 spiro atoms. The molecule has 0 aromatic heterocycles. The number of aliphatic carboxylic acids is 1. The molecule has 0 atom stereocenters. The first-order valence-corrected chi connectivity index (χ1v) is 2.56. The molecule has 0 aliphatic rings. The van der Waals surface area contributed by atoms with Gasteiger partial charge >= 0.3 is 16.8 Å². The molecule has 61 valence electrons. The van der Waals surface area contributed by atoms with E-state index in [1.54, 1.807) is 20.1 Å². The van der Waals surface area contributed by atoms with Gasteiger partial charge in [-0.25, -0.2) is 0 Å². The van der Waals surface area contributed by atoms with Gasteiger partial charge < -0.3 is 14.7 Å². The third kappa shape index (κ3) is 125. The van der Waals surface area contributed by atoms with E-state index in [4.69, 9.17) is 9.90 Å². The molecule has 0 heterocycles. The summed E-state index contributed by atoms with van der Waals surface area (Å²) in [5, 5.41) is 8.89. The van der Waals surface area contributed by atoms with Crippen LogP contribution >= 0.6 is 0 Å². The van der Waals surface area contributed by atoms with E-state index in [1.807, 2.05) is 0 Å². The molecule has 0 saturated carbocycles. The van der Waals surface area contributed by atoms with Crippen molar-refractivity contribution in [2.24, 2.45) is 5.92 Å². The van der Waals surface area contributed by atoms with Crippen LogP contribution in [0.3, 0.4) is 0 Å². The van der Waals surface area contributed by atoms with Gasteiger partial charge in [-0.1, -0.05) is 13.8 Å². The van der Waals surface area contributed by atoms with Crippen LogP contribution in [-0.4, -0.2) is 12.3 Å². The molecule has 0 rings (SSSR count). The van der Waals surface area contributed by atoms with Crippen molar-refractivity contribution in [3.63, 3.8) is 0 Å². The molecule has 0 bridgehead atoms. The summed E-state index contributed by atoms with van der Waals surface area (Å²) in [6, 6.07) is 0. The maximum Gasteiger partial charge on any atom is 2.00 e. The molecule has 0 fully saturated rings. The Kier molecular flexibility index (Phi) is 18.7. The minimum atomic E-state index is -1.08. The summed E-state index contributed by atoms with van der Waals surface area (Å²) in [6.45, 7) is 4.57. The van der Waals surface area contributed by atoms with Crippen LogP contribution in [0.2, 0.25) is 0 Å². The summed E-state index contributed by atoms with van der Waals surface area (Å²) in [7, 11) is 0. The third-order valence-electron chi connectivity index (χ3n) is 0.236. The Hall–Kier alpha value is -0.354. The fourth-order valence-electron chi connectivity index (χ4n) is 0. The predicted octanol–water partition coefficient (Wildman–Crippen LogP) is -0.494. The maximum atomic E-state index is 9.38. The summed E-state index contributed by atoms with van der Waals surface area (Å²) in [5.41, 5.74) is 0. The van der Waals surface area contributed by atoms with Crippen molar-refractivity contribution >= 4 is 12.3 Å². The van der Waals surface area contributed by atoms with Crippen molar-refractivity contribution in [1.82, 2.24) is 0 Å². The van der Waals surface area contributed by atoms with Gasteiger partial charge in [0.25, 0.3) is 0 Å². The quantitative estimate of drug-likeness (QED) is 0.523. The summed E-state index contributed by atoms with van der Waals surface area (Å²) >= 11 is 0. The van der Waals surface area contributed by atoms with Crippen molar-refractivity contribution in [2.45, 2.75) is 20.8 Å². The van der Waals surface area contributed by atoms with E-state index in [2.05, 4.69) is 0 Å². The zero-order chi connectivity index (χ0) is 7.86. The summed E-state index contributed by atoms with van der Waals surface area (Å²) in [5.74, 6) is -1.00. The molecule has 4 heteroatoms. The second-order valence-corrected chi connectivity index (χ2v) is 1.76. The number of rotatable bonds is 1. The van der Waals surface area contributed by atoms with Gasteiger partial charge in [-0.2, -0.15) is 0 Å². The molecule has 3 nitrogen and oxygen atoms in total. The Labute approximate surface area is 71.0 Å². The van der Waals surface area contributed by atoms with E-state index in [9.17, 15) is 4.79 Å². The Bertz CT molecular complexity index is 87.0. The first-order chi connectivity index (χ1) is 4.00. The zero-order valence-corrected chi connectivity index (χ0v) is 7.18. The molecule has 0 aromatic carbocycles. The van der Waals surface area contributed by atoms with Gasteiger partial charge in [0.05, 0.1) is 0 Å². The van der Waals surface area contributed by atoms with Gasteiger partial charge in [-0.3, -0.25) is 6.29 Å². The van der Waals surface area contributed by atoms with Gasteiger partial charge in [0, 0.05) is 5.97 Å². The molecule has 10 heavy (non-hydrogen) atoms.